The molecule has 0 saturated heterocycles. The van der Waals surface area contributed by atoms with Gasteiger partial charge in [0.05, 0.1) is 0 Å². The maximum atomic E-state index is 11.1. The number of rotatable bonds is 4. The first-order chi connectivity index (χ1) is 6.59. The Morgan fingerprint density at radius 3 is 2.86 bits per heavy atom. The Balaban J connectivity index is 2.20. The third-order valence-electron chi connectivity index (χ3n) is 2.98. The van der Waals surface area contributed by atoms with Gasteiger partial charge in [0, 0.05) is 40.9 Å². The van der Waals surface area contributed by atoms with Crippen molar-refractivity contribution in [2.75, 3.05) is 12.8 Å². The van der Waals surface area contributed by atoms with Crippen molar-refractivity contribution in [3.8, 4) is 0 Å². The number of nitrogens with one attached hydrogen (secondary N) is 1. The molecule has 1 rings (SSSR count). The van der Waals surface area contributed by atoms with Crippen LogP contribution in [0.15, 0.2) is 0 Å². The molecule has 1 fully saturated rings. The van der Waals surface area contributed by atoms with Crippen molar-refractivity contribution in [2.24, 2.45) is 5.73 Å². The SMILES string of the molecule is CC(CNC1CCCC(N)C1)S(C)=O. The highest BCUT2D eigenvalue weighted by Crippen LogP contribution is 2.16. The van der Waals surface area contributed by atoms with E-state index in [-0.39, 0.29) is 5.25 Å². The lowest BCUT2D eigenvalue weighted by atomic mass is 9.91. The zero-order valence-electron chi connectivity index (χ0n) is 9.16. The summed E-state index contributed by atoms with van der Waals surface area (Å²) in [4.78, 5) is 0. The highest BCUT2D eigenvalue weighted by Gasteiger charge is 2.19. The lowest BCUT2D eigenvalue weighted by Crippen LogP contribution is -2.42. The van der Waals surface area contributed by atoms with E-state index >= 15 is 0 Å². The van der Waals surface area contributed by atoms with Gasteiger partial charge in [0.15, 0.2) is 0 Å². The van der Waals surface area contributed by atoms with E-state index in [1.165, 1.54) is 12.8 Å². The second-order valence-corrected chi connectivity index (χ2v) is 6.14. The topological polar surface area (TPSA) is 55.1 Å². The van der Waals surface area contributed by atoms with Gasteiger partial charge in [-0.15, -0.1) is 0 Å². The van der Waals surface area contributed by atoms with Gasteiger partial charge in [0.1, 0.15) is 0 Å². The van der Waals surface area contributed by atoms with Crippen molar-refractivity contribution in [1.29, 1.82) is 0 Å². The van der Waals surface area contributed by atoms with Gasteiger partial charge in [-0.3, -0.25) is 4.21 Å². The summed E-state index contributed by atoms with van der Waals surface area (Å²) in [6.45, 7) is 2.87. The molecule has 3 N–H and O–H groups in total. The number of hydrogen-bond donors (Lipinski definition) is 2. The van der Waals surface area contributed by atoms with E-state index in [1.54, 1.807) is 6.26 Å². The average molecular weight is 218 g/mol. The fourth-order valence-corrected chi connectivity index (χ4v) is 2.19. The monoisotopic (exact) mass is 218 g/mol. The van der Waals surface area contributed by atoms with Crippen molar-refractivity contribution in [2.45, 2.75) is 49.9 Å². The van der Waals surface area contributed by atoms with Gasteiger partial charge in [-0.1, -0.05) is 6.42 Å². The molecule has 0 aromatic heterocycles. The fraction of sp³-hybridized carbons (Fsp3) is 1.00. The molecular weight excluding hydrogens is 196 g/mol. The van der Waals surface area contributed by atoms with Crippen LogP contribution in [0.2, 0.25) is 0 Å². The van der Waals surface area contributed by atoms with Gasteiger partial charge in [-0.2, -0.15) is 0 Å². The van der Waals surface area contributed by atoms with Crippen LogP contribution >= 0.6 is 0 Å². The quantitative estimate of drug-likeness (QED) is 0.727. The van der Waals surface area contributed by atoms with E-state index in [4.69, 9.17) is 5.73 Å². The van der Waals surface area contributed by atoms with E-state index in [9.17, 15) is 4.21 Å². The Bertz CT molecular complexity index is 199. The zero-order chi connectivity index (χ0) is 10.6. The molecule has 84 valence electrons. The molecule has 4 unspecified atom stereocenters. The van der Waals surface area contributed by atoms with Crippen LogP contribution in [0.4, 0.5) is 0 Å². The minimum absolute atomic E-state index is 0.244. The largest absolute Gasteiger partial charge is 0.328 e. The van der Waals surface area contributed by atoms with Gasteiger partial charge in [-0.25, -0.2) is 0 Å². The van der Waals surface area contributed by atoms with Crippen LogP contribution in [0.1, 0.15) is 32.6 Å². The summed E-state index contributed by atoms with van der Waals surface area (Å²) in [6.07, 6.45) is 6.44. The standard InChI is InChI=1S/C10H22N2OS/c1-8(14(2)13)7-12-10-5-3-4-9(11)6-10/h8-10,12H,3-7,11H2,1-2H3. The van der Waals surface area contributed by atoms with Gasteiger partial charge < -0.3 is 11.1 Å². The molecule has 0 aliphatic heterocycles. The first-order valence-corrected chi connectivity index (χ1v) is 7.03. The normalized spacial score (nSPS) is 32.5. The molecule has 1 aliphatic carbocycles. The van der Waals surface area contributed by atoms with Crippen LogP contribution in [0.5, 0.6) is 0 Å². The molecule has 0 heterocycles. The highest BCUT2D eigenvalue weighted by atomic mass is 32.2. The van der Waals surface area contributed by atoms with Crippen molar-refractivity contribution >= 4 is 10.8 Å². The maximum Gasteiger partial charge on any atom is 0.0441 e. The number of nitrogens with two attached hydrogens (primary N) is 1. The summed E-state index contributed by atoms with van der Waals surface area (Å²) in [5.74, 6) is 0. The van der Waals surface area contributed by atoms with E-state index < -0.39 is 10.8 Å². The fourth-order valence-electron chi connectivity index (χ4n) is 1.86. The molecule has 0 aromatic carbocycles. The Morgan fingerprint density at radius 2 is 2.29 bits per heavy atom. The van der Waals surface area contributed by atoms with Crippen molar-refractivity contribution in [1.82, 2.24) is 5.32 Å². The third-order valence-corrected chi connectivity index (χ3v) is 4.28. The lowest BCUT2D eigenvalue weighted by Gasteiger charge is -2.28. The zero-order valence-corrected chi connectivity index (χ0v) is 9.98. The van der Waals surface area contributed by atoms with Gasteiger partial charge in [0.2, 0.25) is 0 Å². The Morgan fingerprint density at radius 1 is 1.57 bits per heavy atom. The molecule has 1 saturated carbocycles. The van der Waals surface area contributed by atoms with Crippen LogP contribution in [0.25, 0.3) is 0 Å². The molecule has 0 aromatic rings. The Kier molecular flexibility index (Phi) is 5.06. The summed E-state index contributed by atoms with van der Waals surface area (Å²) < 4.78 is 11.1. The smallest absolute Gasteiger partial charge is 0.0441 e. The van der Waals surface area contributed by atoms with Gasteiger partial charge in [0.25, 0.3) is 0 Å². The van der Waals surface area contributed by atoms with Crippen LogP contribution in [-0.2, 0) is 10.8 Å². The summed E-state index contributed by atoms with van der Waals surface area (Å²) in [5, 5.41) is 3.70. The summed E-state index contributed by atoms with van der Waals surface area (Å²) >= 11 is 0. The lowest BCUT2D eigenvalue weighted by molar-refractivity contribution is 0.341. The van der Waals surface area contributed by atoms with Crippen molar-refractivity contribution < 1.29 is 4.21 Å². The second kappa shape index (κ2) is 5.83. The molecule has 0 bridgehead atoms. The van der Waals surface area contributed by atoms with E-state index in [0.29, 0.717) is 12.1 Å². The van der Waals surface area contributed by atoms with Crippen molar-refractivity contribution in [3.63, 3.8) is 0 Å². The first kappa shape index (κ1) is 12.1. The van der Waals surface area contributed by atoms with Gasteiger partial charge in [-0.05, 0) is 26.2 Å². The Hall–Kier alpha value is 0.0700. The summed E-state index contributed by atoms with van der Waals surface area (Å²) in [5.41, 5.74) is 5.89. The Labute approximate surface area is 89.3 Å². The molecule has 1 aliphatic rings. The van der Waals surface area contributed by atoms with Crippen molar-refractivity contribution in [3.05, 3.63) is 0 Å². The van der Waals surface area contributed by atoms with E-state index in [1.807, 2.05) is 6.92 Å². The second-order valence-electron chi connectivity index (χ2n) is 4.34. The minimum atomic E-state index is -0.717. The van der Waals surface area contributed by atoms with Crippen LogP contribution < -0.4 is 11.1 Å². The highest BCUT2D eigenvalue weighted by molar-refractivity contribution is 7.84. The maximum absolute atomic E-state index is 11.1. The molecule has 14 heavy (non-hydrogen) atoms. The third kappa shape index (κ3) is 4.07. The molecule has 3 nitrogen and oxygen atoms in total. The van der Waals surface area contributed by atoms with E-state index in [2.05, 4.69) is 5.32 Å². The van der Waals surface area contributed by atoms with Gasteiger partial charge >= 0.3 is 0 Å². The van der Waals surface area contributed by atoms with E-state index in [0.717, 1.165) is 19.4 Å². The molecule has 4 heteroatoms. The van der Waals surface area contributed by atoms with Crippen LogP contribution in [0.3, 0.4) is 0 Å². The predicted molar refractivity (Wildman–Crippen MR) is 61.8 cm³/mol. The summed E-state index contributed by atoms with van der Waals surface area (Å²) in [6, 6.07) is 0.911. The molecular formula is C10H22N2OS. The molecule has 0 spiro atoms. The molecule has 0 radical (unpaired) electrons. The average Bonchev–Trinajstić information content (AvgIpc) is 2.14. The summed E-state index contributed by atoms with van der Waals surface area (Å²) in [7, 11) is -0.717. The minimum Gasteiger partial charge on any atom is -0.328 e. The molecule has 0 amide bonds. The van der Waals surface area contributed by atoms with Crippen LogP contribution in [0, 0.1) is 0 Å². The molecule has 4 atom stereocenters. The number of hydrogen-bond acceptors (Lipinski definition) is 3. The first-order valence-electron chi connectivity index (χ1n) is 5.40. The predicted octanol–water partition coefficient (Wildman–Crippen LogP) is 0.613. The van der Waals surface area contributed by atoms with Crippen LogP contribution in [-0.4, -0.2) is 34.3 Å².